The van der Waals surface area contributed by atoms with Crippen LogP contribution in [0.1, 0.15) is 47.3 Å². The molecule has 2 aromatic carbocycles. The summed E-state index contributed by atoms with van der Waals surface area (Å²) in [4.78, 5) is 12.8. The van der Waals surface area contributed by atoms with Gasteiger partial charge in [0.05, 0.1) is 17.5 Å². The molecule has 0 saturated heterocycles. The highest BCUT2D eigenvalue weighted by Gasteiger charge is 2.22. The number of aryl methyl sites for hydroxylation is 1. The Labute approximate surface area is 166 Å². The van der Waals surface area contributed by atoms with Crippen LogP contribution in [0.2, 0.25) is 0 Å². The van der Waals surface area contributed by atoms with Gasteiger partial charge < -0.3 is 10.1 Å². The van der Waals surface area contributed by atoms with Crippen molar-refractivity contribution in [3.05, 3.63) is 65.2 Å². The summed E-state index contributed by atoms with van der Waals surface area (Å²) < 4.78 is 32.3. The lowest BCUT2D eigenvalue weighted by Crippen LogP contribution is -2.35. The third-order valence-electron chi connectivity index (χ3n) is 4.87. The number of methoxy groups -OCH3 is 1. The zero-order chi connectivity index (χ0) is 20.1. The standard InChI is InChI=1S/C21H26N2O4S/c1-15(14-27-2)23-28(25,26)18-12-10-17(11-13-18)21(24)22-20-9-5-7-16-6-3-4-8-19(16)20/h3-4,6,8,10-13,15,20,23H,5,7,9,14H2,1-2H3,(H,22,24)/t15-,20+/m1/s1. The van der Waals surface area contributed by atoms with Gasteiger partial charge in [-0.25, -0.2) is 13.1 Å². The molecule has 1 amide bonds. The average molecular weight is 403 g/mol. The molecule has 0 aromatic heterocycles. The number of amides is 1. The molecule has 0 saturated carbocycles. The molecule has 150 valence electrons. The molecular formula is C21H26N2O4S. The van der Waals surface area contributed by atoms with E-state index in [9.17, 15) is 13.2 Å². The molecule has 28 heavy (non-hydrogen) atoms. The molecule has 6 nitrogen and oxygen atoms in total. The second-order valence-electron chi connectivity index (χ2n) is 7.12. The summed E-state index contributed by atoms with van der Waals surface area (Å²) in [6, 6.07) is 13.8. The number of rotatable bonds is 7. The Morgan fingerprint density at radius 2 is 1.89 bits per heavy atom. The van der Waals surface area contributed by atoms with Crippen LogP contribution in [0.25, 0.3) is 0 Å². The number of carbonyl (C=O) groups is 1. The molecule has 2 atom stereocenters. The molecule has 2 aromatic rings. The SMILES string of the molecule is COC[C@@H](C)NS(=O)(=O)c1ccc(C(=O)N[C@H]2CCCc3ccccc32)cc1. The van der Waals surface area contributed by atoms with E-state index < -0.39 is 10.0 Å². The Morgan fingerprint density at radius 3 is 2.61 bits per heavy atom. The van der Waals surface area contributed by atoms with Crippen LogP contribution in [0.15, 0.2) is 53.4 Å². The van der Waals surface area contributed by atoms with Gasteiger partial charge in [-0.05, 0) is 61.6 Å². The first kappa shape index (κ1) is 20.5. The number of carbonyl (C=O) groups excluding carboxylic acids is 1. The van der Waals surface area contributed by atoms with E-state index >= 15 is 0 Å². The first-order valence-corrected chi connectivity index (χ1v) is 10.9. The lowest BCUT2D eigenvalue weighted by molar-refractivity contribution is 0.0932. The maximum atomic E-state index is 12.7. The number of hydrogen-bond acceptors (Lipinski definition) is 4. The molecule has 1 aliphatic carbocycles. The zero-order valence-corrected chi connectivity index (χ0v) is 17.0. The fraction of sp³-hybridized carbons (Fsp3) is 0.381. The van der Waals surface area contributed by atoms with E-state index in [1.165, 1.54) is 24.8 Å². The number of hydrogen-bond donors (Lipinski definition) is 2. The summed E-state index contributed by atoms with van der Waals surface area (Å²) in [5, 5.41) is 3.08. The zero-order valence-electron chi connectivity index (χ0n) is 16.1. The van der Waals surface area contributed by atoms with E-state index in [1.54, 1.807) is 19.1 Å². The van der Waals surface area contributed by atoms with E-state index in [0.717, 1.165) is 24.8 Å². The molecule has 0 spiro atoms. The Balaban J connectivity index is 1.69. The van der Waals surface area contributed by atoms with E-state index in [1.807, 2.05) is 12.1 Å². The Morgan fingerprint density at radius 1 is 1.18 bits per heavy atom. The van der Waals surface area contributed by atoms with E-state index in [0.29, 0.717) is 5.56 Å². The quantitative estimate of drug-likeness (QED) is 0.746. The number of sulfonamides is 1. The molecule has 7 heteroatoms. The minimum Gasteiger partial charge on any atom is -0.383 e. The van der Waals surface area contributed by atoms with Crippen LogP contribution in [0.5, 0.6) is 0 Å². The molecular weight excluding hydrogens is 376 g/mol. The van der Waals surface area contributed by atoms with Crippen molar-refractivity contribution in [1.29, 1.82) is 0 Å². The van der Waals surface area contributed by atoms with Crippen molar-refractivity contribution in [2.24, 2.45) is 0 Å². The molecule has 0 bridgehead atoms. The first-order valence-electron chi connectivity index (χ1n) is 9.40. The summed E-state index contributed by atoms with van der Waals surface area (Å²) >= 11 is 0. The minimum atomic E-state index is -3.65. The summed E-state index contributed by atoms with van der Waals surface area (Å²) in [6.45, 7) is 2.01. The second kappa shape index (κ2) is 8.86. The van der Waals surface area contributed by atoms with Gasteiger partial charge in [-0.15, -0.1) is 0 Å². The van der Waals surface area contributed by atoms with Crippen molar-refractivity contribution in [2.45, 2.75) is 43.2 Å². The van der Waals surface area contributed by atoms with Crippen molar-refractivity contribution in [2.75, 3.05) is 13.7 Å². The van der Waals surface area contributed by atoms with Crippen molar-refractivity contribution in [3.63, 3.8) is 0 Å². The highest BCUT2D eigenvalue weighted by atomic mass is 32.2. The lowest BCUT2D eigenvalue weighted by atomic mass is 9.87. The number of nitrogens with one attached hydrogen (secondary N) is 2. The van der Waals surface area contributed by atoms with Gasteiger partial charge in [0, 0.05) is 18.7 Å². The van der Waals surface area contributed by atoms with Gasteiger partial charge in [-0.2, -0.15) is 0 Å². The third-order valence-corrected chi connectivity index (χ3v) is 6.48. The van der Waals surface area contributed by atoms with Crippen LogP contribution in [0.3, 0.4) is 0 Å². The molecule has 0 aliphatic heterocycles. The summed E-state index contributed by atoms with van der Waals surface area (Å²) in [7, 11) is -2.14. The molecule has 0 fully saturated rings. The number of fused-ring (bicyclic) bond motifs is 1. The molecule has 0 unspecified atom stereocenters. The Hall–Kier alpha value is -2.22. The lowest BCUT2D eigenvalue weighted by Gasteiger charge is -2.26. The predicted molar refractivity (Wildman–Crippen MR) is 108 cm³/mol. The smallest absolute Gasteiger partial charge is 0.251 e. The van der Waals surface area contributed by atoms with Crippen LogP contribution in [0.4, 0.5) is 0 Å². The average Bonchev–Trinajstić information content (AvgIpc) is 2.68. The minimum absolute atomic E-state index is 0.0163. The largest absolute Gasteiger partial charge is 0.383 e. The molecule has 0 heterocycles. The van der Waals surface area contributed by atoms with Crippen molar-refractivity contribution in [3.8, 4) is 0 Å². The monoisotopic (exact) mass is 402 g/mol. The van der Waals surface area contributed by atoms with Crippen molar-refractivity contribution in [1.82, 2.24) is 10.0 Å². The molecule has 0 radical (unpaired) electrons. The van der Waals surface area contributed by atoms with Gasteiger partial charge in [0.25, 0.3) is 5.91 Å². The van der Waals surface area contributed by atoms with Crippen LogP contribution in [-0.2, 0) is 21.2 Å². The van der Waals surface area contributed by atoms with Crippen LogP contribution in [0, 0.1) is 0 Å². The second-order valence-corrected chi connectivity index (χ2v) is 8.83. The molecule has 1 aliphatic rings. The summed E-state index contributed by atoms with van der Waals surface area (Å²) in [5.74, 6) is -0.202. The summed E-state index contributed by atoms with van der Waals surface area (Å²) in [5.41, 5.74) is 2.88. The highest BCUT2D eigenvalue weighted by molar-refractivity contribution is 7.89. The maximum absolute atomic E-state index is 12.7. The number of ether oxygens (including phenoxy) is 1. The first-order chi connectivity index (χ1) is 13.4. The van der Waals surface area contributed by atoms with Gasteiger partial charge >= 0.3 is 0 Å². The molecule has 3 rings (SSSR count). The maximum Gasteiger partial charge on any atom is 0.251 e. The fourth-order valence-corrected chi connectivity index (χ4v) is 4.78. The summed E-state index contributed by atoms with van der Waals surface area (Å²) in [6.07, 6.45) is 2.96. The number of benzene rings is 2. The van der Waals surface area contributed by atoms with Crippen LogP contribution >= 0.6 is 0 Å². The van der Waals surface area contributed by atoms with Gasteiger partial charge in [0.15, 0.2) is 0 Å². The van der Waals surface area contributed by atoms with Crippen molar-refractivity contribution < 1.29 is 17.9 Å². The van der Waals surface area contributed by atoms with Gasteiger partial charge in [-0.3, -0.25) is 4.79 Å². The fourth-order valence-electron chi connectivity index (χ4n) is 3.55. The van der Waals surface area contributed by atoms with Crippen LogP contribution < -0.4 is 10.0 Å². The van der Waals surface area contributed by atoms with E-state index in [2.05, 4.69) is 22.2 Å². The normalized spacial score (nSPS) is 17.6. The van der Waals surface area contributed by atoms with E-state index in [-0.39, 0.29) is 29.5 Å². The van der Waals surface area contributed by atoms with Gasteiger partial charge in [0.2, 0.25) is 10.0 Å². The van der Waals surface area contributed by atoms with E-state index in [4.69, 9.17) is 4.74 Å². The third kappa shape index (κ3) is 4.79. The Bertz CT molecular complexity index is 926. The highest BCUT2D eigenvalue weighted by Crippen LogP contribution is 2.29. The molecule has 2 N–H and O–H groups in total. The Kier molecular flexibility index (Phi) is 6.49. The van der Waals surface area contributed by atoms with Crippen LogP contribution in [-0.4, -0.2) is 34.1 Å². The van der Waals surface area contributed by atoms with Crippen molar-refractivity contribution >= 4 is 15.9 Å². The topological polar surface area (TPSA) is 84.5 Å². The predicted octanol–water partition coefficient (Wildman–Crippen LogP) is 2.81. The van der Waals surface area contributed by atoms with Gasteiger partial charge in [-0.1, -0.05) is 24.3 Å². The van der Waals surface area contributed by atoms with Gasteiger partial charge in [0.1, 0.15) is 0 Å².